The maximum Gasteiger partial charge on any atom is 0.348 e. The van der Waals surface area contributed by atoms with Crippen LogP contribution < -0.4 is 21.3 Å². The van der Waals surface area contributed by atoms with Gasteiger partial charge in [-0.05, 0) is 83.1 Å². The van der Waals surface area contributed by atoms with Crippen molar-refractivity contribution in [2.24, 2.45) is 0 Å². The Kier molecular flexibility index (Phi) is 12.6. The molecular formula is C40H80N12+4. The van der Waals surface area contributed by atoms with Crippen molar-refractivity contribution in [2.75, 3.05) is 105 Å². The maximum absolute atomic E-state index is 3.55. The lowest BCUT2D eigenvalue weighted by atomic mass is 10.0. The van der Waals surface area contributed by atoms with Gasteiger partial charge in [0.25, 0.3) is 0 Å². The van der Waals surface area contributed by atoms with Gasteiger partial charge in [0.05, 0.1) is 127 Å². The molecule has 0 aromatic carbocycles. The predicted octanol–water partition coefficient (Wildman–Crippen LogP) is 1.85. The fourth-order valence-electron chi connectivity index (χ4n) is 8.67. The van der Waals surface area contributed by atoms with Crippen LogP contribution >= 0.6 is 0 Å². The Labute approximate surface area is 318 Å². The number of rotatable bonds is 0. The highest BCUT2D eigenvalue weighted by atomic mass is 15.4. The van der Waals surface area contributed by atoms with Crippen LogP contribution in [-0.2, 0) is 0 Å². The summed E-state index contributed by atoms with van der Waals surface area (Å²) in [5.74, 6) is 5.44. The minimum absolute atomic E-state index is 0.248. The lowest BCUT2D eigenvalue weighted by Gasteiger charge is -2.38. The Morgan fingerprint density at radius 1 is 0.327 bits per heavy atom. The quantitative estimate of drug-likeness (QED) is 0.282. The number of hydrogen-bond donors (Lipinski definition) is 4. The summed E-state index contributed by atoms with van der Waals surface area (Å²) in [6.07, 6.45) is 5.15. The van der Waals surface area contributed by atoms with Gasteiger partial charge in [0.1, 0.15) is 0 Å². The van der Waals surface area contributed by atoms with Crippen molar-refractivity contribution in [3.8, 4) is 0 Å². The molecule has 0 atom stereocenters. The molecular weight excluding hydrogens is 649 g/mol. The molecule has 0 saturated carbocycles. The molecule has 0 fully saturated rings. The minimum Gasteiger partial charge on any atom is -0.278 e. The van der Waals surface area contributed by atoms with E-state index in [0.29, 0.717) is 0 Å². The molecule has 0 unspecified atom stereocenters. The van der Waals surface area contributed by atoms with Crippen molar-refractivity contribution in [3.63, 3.8) is 0 Å². The summed E-state index contributed by atoms with van der Waals surface area (Å²) in [5.41, 5.74) is 1.03. The average Bonchev–Trinajstić information content (AvgIpc) is 3.88. The predicted molar refractivity (Wildman–Crippen MR) is 216 cm³/mol. The molecule has 4 N–H and O–H groups in total. The van der Waals surface area contributed by atoms with Crippen molar-refractivity contribution < 1.29 is 18.3 Å². The van der Waals surface area contributed by atoms with Gasteiger partial charge in [0, 0.05) is 25.7 Å². The van der Waals surface area contributed by atoms with Gasteiger partial charge in [-0.3, -0.25) is 59.2 Å². The molecule has 0 spiro atoms. The molecule has 0 aromatic rings. The maximum atomic E-state index is 3.55. The van der Waals surface area contributed by atoms with E-state index in [1.165, 1.54) is 128 Å². The van der Waals surface area contributed by atoms with Crippen LogP contribution in [0.2, 0.25) is 0 Å². The van der Waals surface area contributed by atoms with Gasteiger partial charge in [-0.1, -0.05) is 0 Å². The van der Waals surface area contributed by atoms with Gasteiger partial charge in [0.15, 0.2) is 0 Å². The molecule has 8 aliphatic rings. The summed E-state index contributed by atoms with van der Waals surface area (Å²) in [6.45, 7) is 46.3. The van der Waals surface area contributed by atoms with Gasteiger partial charge in [0.2, 0.25) is 0 Å². The van der Waals surface area contributed by atoms with Crippen LogP contribution in [0.15, 0.2) is 0 Å². The Bertz CT molecular complexity index is 1350. The number of guanidine groups is 4. The molecule has 0 aromatic heterocycles. The second kappa shape index (κ2) is 16.2. The highest BCUT2D eigenvalue weighted by molar-refractivity contribution is 5.78. The van der Waals surface area contributed by atoms with E-state index in [1.54, 1.807) is 0 Å². The molecule has 296 valence electrons. The third-order valence-corrected chi connectivity index (χ3v) is 11.4. The smallest absolute Gasteiger partial charge is 0.278 e. The van der Waals surface area contributed by atoms with Crippen molar-refractivity contribution in [1.82, 2.24) is 40.9 Å². The summed E-state index contributed by atoms with van der Waals surface area (Å²) in [5, 5.41) is 14.0. The molecule has 0 saturated heterocycles. The summed E-state index contributed by atoms with van der Waals surface area (Å²) in [7, 11) is 0. The van der Waals surface area contributed by atoms with Crippen LogP contribution in [-0.4, -0.2) is 189 Å². The second-order valence-electron chi connectivity index (χ2n) is 19.7. The molecule has 0 aliphatic carbocycles. The third kappa shape index (κ3) is 9.78. The zero-order valence-corrected chi connectivity index (χ0v) is 35.7. The second-order valence-corrected chi connectivity index (χ2v) is 19.7. The van der Waals surface area contributed by atoms with Crippen LogP contribution in [0.3, 0.4) is 0 Å². The van der Waals surface area contributed by atoms with Crippen molar-refractivity contribution in [1.29, 1.82) is 0 Å². The van der Waals surface area contributed by atoms with Gasteiger partial charge in [-0.2, -0.15) is 0 Å². The fourth-order valence-corrected chi connectivity index (χ4v) is 8.67. The molecule has 8 heterocycles. The standard InChI is InChI=1S/C11H21N3.2C10H19N3.C9H17N3/c1-11(2,3)14-9-5-8-13-7-4-6-12-10(13)14;1-10(2,3)13-7-4-6-12-8-5-11-9(12)13;1-10(2,3)13-8-7-12-6-4-5-11-9(12)13;1-9(2,3)12-7-6-11-5-4-10-8(11)12/h4-9H2,1-3H3;2*4-8H2,1-3H3;4-7H2,1-3H3/p+4. The van der Waals surface area contributed by atoms with Gasteiger partial charge >= 0.3 is 23.8 Å². The van der Waals surface area contributed by atoms with E-state index in [-0.39, 0.29) is 22.2 Å². The Morgan fingerprint density at radius 3 is 0.962 bits per heavy atom. The van der Waals surface area contributed by atoms with Crippen LogP contribution in [0.25, 0.3) is 0 Å². The van der Waals surface area contributed by atoms with Gasteiger partial charge in [-0.15, -0.1) is 0 Å². The first-order valence-corrected chi connectivity index (χ1v) is 20.9. The Morgan fingerprint density at radius 2 is 0.596 bits per heavy atom. The van der Waals surface area contributed by atoms with Crippen molar-refractivity contribution in [3.05, 3.63) is 0 Å². The highest BCUT2D eigenvalue weighted by Crippen LogP contribution is 2.20. The zero-order chi connectivity index (χ0) is 37.9. The van der Waals surface area contributed by atoms with E-state index >= 15 is 0 Å². The summed E-state index contributed by atoms with van der Waals surface area (Å²) >= 11 is 0. The van der Waals surface area contributed by atoms with E-state index in [9.17, 15) is 0 Å². The van der Waals surface area contributed by atoms with E-state index in [0.717, 1.165) is 26.2 Å². The van der Waals surface area contributed by atoms with E-state index in [1.807, 2.05) is 0 Å². The molecule has 0 bridgehead atoms. The van der Waals surface area contributed by atoms with E-state index in [2.05, 4.69) is 142 Å². The Balaban J connectivity index is 0.000000134. The first-order valence-electron chi connectivity index (χ1n) is 20.9. The van der Waals surface area contributed by atoms with Gasteiger partial charge < -0.3 is 0 Å². The molecule has 0 radical (unpaired) electrons. The fraction of sp³-hybridized carbons (Fsp3) is 0.900. The zero-order valence-electron chi connectivity index (χ0n) is 35.7. The first kappa shape index (κ1) is 40.3. The molecule has 52 heavy (non-hydrogen) atoms. The van der Waals surface area contributed by atoms with Crippen LogP contribution in [0.1, 0.15) is 109 Å². The van der Waals surface area contributed by atoms with Crippen molar-refractivity contribution in [2.45, 2.75) is 131 Å². The topological polar surface area (TPSA) is 73.1 Å². The third-order valence-electron chi connectivity index (χ3n) is 11.4. The lowest BCUT2D eigenvalue weighted by Crippen LogP contribution is -2.60. The highest BCUT2D eigenvalue weighted by Gasteiger charge is 2.41. The molecule has 12 heteroatoms. The lowest BCUT2D eigenvalue weighted by molar-refractivity contribution is -0.545. The largest absolute Gasteiger partial charge is 0.348 e. The number of hydrogen-bond acceptors (Lipinski definition) is 8. The molecule has 8 aliphatic heterocycles. The van der Waals surface area contributed by atoms with Gasteiger partial charge in [-0.25, -0.2) is 0 Å². The normalized spacial score (nSPS) is 23.2. The molecule has 0 amide bonds. The van der Waals surface area contributed by atoms with Crippen LogP contribution in [0.4, 0.5) is 0 Å². The minimum atomic E-state index is 0.248. The summed E-state index contributed by atoms with van der Waals surface area (Å²) in [4.78, 5) is 9.94. The summed E-state index contributed by atoms with van der Waals surface area (Å²) in [6, 6.07) is 0. The number of nitrogens with one attached hydrogen (secondary N) is 4. The van der Waals surface area contributed by atoms with Crippen molar-refractivity contribution >= 4 is 23.8 Å². The molecule has 12 nitrogen and oxygen atoms in total. The number of nitrogens with zero attached hydrogens (tertiary/aromatic N) is 8. The monoisotopic (exact) mass is 729 g/mol. The average molecular weight is 729 g/mol. The molecule has 8 rings (SSSR count). The van der Waals surface area contributed by atoms with E-state index < -0.39 is 0 Å². The summed E-state index contributed by atoms with van der Waals surface area (Å²) < 4.78 is 9.87. The van der Waals surface area contributed by atoms with Crippen LogP contribution in [0, 0.1) is 0 Å². The SMILES string of the molecule is CC(C)(C)N1CCC[N+]2=C1NCC2.CC(C)(C)N1CCC[N+]2=C1NCCC2.CC(C)(C)N1CC[N+]2=C1NCC2.CC(C)(C)N1CC[N+]2=C1NCCC2. The van der Waals surface area contributed by atoms with Crippen LogP contribution in [0.5, 0.6) is 0 Å². The van der Waals surface area contributed by atoms with E-state index in [4.69, 9.17) is 0 Å². The first-order chi connectivity index (χ1) is 24.4. The Hall–Kier alpha value is -2.92.